The van der Waals surface area contributed by atoms with E-state index in [1.807, 2.05) is 0 Å². The number of benzene rings is 1. The lowest BCUT2D eigenvalue weighted by molar-refractivity contribution is 0.256. The number of hydrogen-bond acceptors (Lipinski definition) is 2. The van der Waals surface area contributed by atoms with Crippen LogP contribution in [0.3, 0.4) is 0 Å². The highest BCUT2D eigenvalue weighted by Crippen LogP contribution is 2.29. The number of anilines is 1. The molecule has 0 aromatic heterocycles. The molecule has 0 heterocycles. The van der Waals surface area contributed by atoms with E-state index < -0.39 is 0 Å². The molecule has 20 heavy (non-hydrogen) atoms. The first-order valence-corrected chi connectivity index (χ1v) is 8.06. The van der Waals surface area contributed by atoms with Gasteiger partial charge in [-0.1, -0.05) is 39.0 Å². The van der Waals surface area contributed by atoms with E-state index in [1.54, 1.807) is 0 Å². The average molecular weight is 276 g/mol. The molecule has 0 atom stereocenters. The predicted molar refractivity (Wildman–Crippen MR) is 90.6 cm³/mol. The first-order valence-electron chi connectivity index (χ1n) is 8.06. The molecule has 0 aliphatic heterocycles. The van der Waals surface area contributed by atoms with Crippen molar-refractivity contribution >= 4 is 5.69 Å². The minimum atomic E-state index is 0.367. The molecule has 0 fully saturated rings. The van der Waals surface area contributed by atoms with Crippen molar-refractivity contribution in [2.45, 2.75) is 47.0 Å². The average Bonchev–Trinajstić information content (AvgIpc) is 2.46. The predicted octanol–water partition coefficient (Wildman–Crippen LogP) is 4.24. The van der Waals surface area contributed by atoms with Gasteiger partial charge in [0.15, 0.2) is 0 Å². The number of nitrogens with zero attached hydrogens (tertiary/aromatic N) is 1. The molecule has 1 rings (SSSR count). The molecule has 0 amide bonds. The Bertz CT molecular complexity index is 383. The zero-order chi connectivity index (χ0) is 15.0. The molecule has 1 aromatic rings. The quantitative estimate of drug-likeness (QED) is 0.679. The molecule has 0 radical (unpaired) electrons. The van der Waals surface area contributed by atoms with E-state index >= 15 is 0 Å². The lowest BCUT2D eigenvalue weighted by Crippen LogP contribution is -2.42. The third-order valence-corrected chi connectivity index (χ3v) is 4.53. The summed E-state index contributed by atoms with van der Waals surface area (Å²) in [5.41, 5.74) is 3.08. The van der Waals surface area contributed by atoms with Crippen LogP contribution in [0.2, 0.25) is 0 Å². The van der Waals surface area contributed by atoms with Crippen molar-refractivity contribution in [1.82, 2.24) is 5.32 Å². The fraction of sp³-hybridized carbons (Fsp3) is 0.667. The molecule has 0 saturated carbocycles. The molecule has 2 heteroatoms. The van der Waals surface area contributed by atoms with Crippen molar-refractivity contribution in [3.8, 4) is 0 Å². The highest BCUT2D eigenvalue weighted by atomic mass is 15.1. The van der Waals surface area contributed by atoms with E-state index in [1.165, 1.54) is 30.5 Å². The van der Waals surface area contributed by atoms with Crippen LogP contribution in [0.1, 0.15) is 45.6 Å². The molecular weight excluding hydrogens is 244 g/mol. The second-order valence-electron chi connectivity index (χ2n) is 6.03. The van der Waals surface area contributed by atoms with Crippen LogP contribution in [0.5, 0.6) is 0 Å². The second kappa shape index (κ2) is 8.31. The van der Waals surface area contributed by atoms with Gasteiger partial charge in [0.1, 0.15) is 0 Å². The normalized spacial score (nSPS) is 11.7. The summed E-state index contributed by atoms with van der Waals surface area (Å²) in [6, 6.07) is 8.67. The van der Waals surface area contributed by atoms with Crippen molar-refractivity contribution in [2.24, 2.45) is 5.41 Å². The molecule has 0 aliphatic rings. The highest BCUT2D eigenvalue weighted by molar-refractivity contribution is 5.52. The van der Waals surface area contributed by atoms with Crippen LogP contribution >= 0.6 is 0 Å². The van der Waals surface area contributed by atoms with Gasteiger partial charge in [-0.25, -0.2) is 0 Å². The van der Waals surface area contributed by atoms with Crippen LogP contribution in [0.15, 0.2) is 24.3 Å². The van der Waals surface area contributed by atoms with Crippen molar-refractivity contribution in [3.05, 3.63) is 29.8 Å². The molecule has 1 N–H and O–H groups in total. The summed E-state index contributed by atoms with van der Waals surface area (Å²) in [7, 11) is 2.22. The summed E-state index contributed by atoms with van der Waals surface area (Å²) in [6.45, 7) is 12.4. The largest absolute Gasteiger partial charge is 0.374 e. The van der Waals surface area contributed by atoms with Crippen LogP contribution in [0.25, 0.3) is 0 Å². The molecule has 0 spiro atoms. The van der Waals surface area contributed by atoms with Gasteiger partial charge in [-0.2, -0.15) is 0 Å². The molecule has 0 bridgehead atoms. The molecule has 0 saturated heterocycles. The standard InChI is InChI=1S/C18H32N2/c1-6-13-19-14-18(7-2,8-3)15-20(5)17-12-10-9-11-16(17)4/h9-12,19H,6-8,13-15H2,1-5H3. The number of para-hydroxylation sites is 1. The van der Waals surface area contributed by atoms with Gasteiger partial charge < -0.3 is 10.2 Å². The topological polar surface area (TPSA) is 15.3 Å². The molecule has 0 aliphatic carbocycles. The van der Waals surface area contributed by atoms with Crippen LogP contribution < -0.4 is 10.2 Å². The SMILES string of the molecule is CCCNCC(CC)(CC)CN(C)c1ccccc1C. The van der Waals surface area contributed by atoms with Crippen molar-refractivity contribution in [1.29, 1.82) is 0 Å². The van der Waals surface area contributed by atoms with E-state index in [0.29, 0.717) is 5.41 Å². The molecule has 114 valence electrons. The van der Waals surface area contributed by atoms with E-state index in [9.17, 15) is 0 Å². The Labute approximate surface area is 125 Å². The lowest BCUT2D eigenvalue weighted by atomic mass is 9.81. The summed E-state index contributed by atoms with van der Waals surface area (Å²) >= 11 is 0. The van der Waals surface area contributed by atoms with Crippen molar-refractivity contribution in [3.63, 3.8) is 0 Å². The Morgan fingerprint density at radius 3 is 2.30 bits per heavy atom. The van der Waals surface area contributed by atoms with Crippen LogP contribution in [0.4, 0.5) is 5.69 Å². The third-order valence-electron chi connectivity index (χ3n) is 4.53. The molecule has 2 nitrogen and oxygen atoms in total. The Kier molecular flexibility index (Phi) is 7.08. The summed E-state index contributed by atoms with van der Waals surface area (Å²) in [5, 5.41) is 3.62. The summed E-state index contributed by atoms with van der Waals surface area (Å²) in [5.74, 6) is 0. The van der Waals surface area contributed by atoms with E-state index in [-0.39, 0.29) is 0 Å². The summed E-state index contributed by atoms with van der Waals surface area (Å²) in [4.78, 5) is 2.43. The van der Waals surface area contributed by atoms with Gasteiger partial charge in [-0.3, -0.25) is 0 Å². The van der Waals surface area contributed by atoms with Gasteiger partial charge in [-0.15, -0.1) is 0 Å². The van der Waals surface area contributed by atoms with Gasteiger partial charge >= 0.3 is 0 Å². The van der Waals surface area contributed by atoms with Gasteiger partial charge in [0.25, 0.3) is 0 Å². The number of rotatable bonds is 9. The van der Waals surface area contributed by atoms with Crippen LogP contribution in [-0.4, -0.2) is 26.7 Å². The minimum absolute atomic E-state index is 0.367. The molecule has 0 unspecified atom stereocenters. The summed E-state index contributed by atoms with van der Waals surface area (Å²) in [6.07, 6.45) is 3.64. The first-order chi connectivity index (χ1) is 9.58. The Morgan fingerprint density at radius 1 is 1.10 bits per heavy atom. The maximum Gasteiger partial charge on any atom is 0.0393 e. The maximum atomic E-state index is 3.62. The van der Waals surface area contributed by atoms with E-state index in [0.717, 1.165) is 19.6 Å². The fourth-order valence-corrected chi connectivity index (χ4v) is 2.89. The van der Waals surface area contributed by atoms with Gasteiger partial charge in [0.2, 0.25) is 0 Å². The molecule has 1 aromatic carbocycles. The van der Waals surface area contributed by atoms with E-state index in [2.05, 4.69) is 69.2 Å². The van der Waals surface area contributed by atoms with Gasteiger partial charge in [0, 0.05) is 25.8 Å². The fourth-order valence-electron chi connectivity index (χ4n) is 2.89. The summed E-state index contributed by atoms with van der Waals surface area (Å²) < 4.78 is 0. The number of nitrogens with one attached hydrogen (secondary N) is 1. The van der Waals surface area contributed by atoms with Gasteiger partial charge in [0.05, 0.1) is 0 Å². The van der Waals surface area contributed by atoms with Crippen molar-refractivity contribution in [2.75, 3.05) is 31.6 Å². The molecular formula is C18H32N2. The maximum absolute atomic E-state index is 3.62. The lowest BCUT2D eigenvalue weighted by Gasteiger charge is -2.37. The van der Waals surface area contributed by atoms with Crippen LogP contribution in [0, 0.1) is 12.3 Å². The first kappa shape index (κ1) is 17.0. The zero-order valence-electron chi connectivity index (χ0n) is 14.0. The highest BCUT2D eigenvalue weighted by Gasteiger charge is 2.27. The zero-order valence-corrected chi connectivity index (χ0v) is 14.0. The Morgan fingerprint density at radius 2 is 1.75 bits per heavy atom. The monoisotopic (exact) mass is 276 g/mol. The second-order valence-corrected chi connectivity index (χ2v) is 6.03. The van der Waals surface area contributed by atoms with Crippen molar-refractivity contribution < 1.29 is 0 Å². The number of hydrogen-bond donors (Lipinski definition) is 1. The van der Waals surface area contributed by atoms with Gasteiger partial charge in [-0.05, 0) is 49.8 Å². The number of aryl methyl sites for hydroxylation is 1. The van der Waals surface area contributed by atoms with E-state index in [4.69, 9.17) is 0 Å². The third kappa shape index (κ3) is 4.52. The van der Waals surface area contributed by atoms with Crippen LogP contribution in [-0.2, 0) is 0 Å². The Balaban J connectivity index is 2.76. The smallest absolute Gasteiger partial charge is 0.0393 e. The minimum Gasteiger partial charge on any atom is -0.374 e. The Hall–Kier alpha value is -1.02.